The summed E-state index contributed by atoms with van der Waals surface area (Å²) in [6, 6.07) is 65.0. The van der Waals surface area contributed by atoms with Crippen LogP contribution in [0.25, 0.3) is 99.5 Å². The molecule has 0 fully saturated rings. The lowest BCUT2D eigenvalue weighted by Gasteiger charge is -2.16. The van der Waals surface area contributed by atoms with Crippen LogP contribution in [0, 0.1) is 0 Å². The van der Waals surface area contributed by atoms with Crippen LogP contribution < -0.4 is 0 Å². The van der Waals surface area contributed by atoms with Gasteiger partial charge in [0, 0.05) is 38.4 Å². The third-order valence-corrected chi connectivity index (χ3v) is 10.5. The smallest absolute Gasteiger partial charge is 0.160 e. The average molecular weight is 663 g/mol. The molecule has 0 N–H and O–H groups in total. The van der Waals surface area contributed by atoms with Gasteiger partial charge in [0.25, 0.3) is 0 Å². The zero-order chi connectivity index (χ0) is 34.2. The third kappa shape index (κ3) is 4.28. The fourth-order valence-corrected chi connectivity index (χ4v) is 8.14. The predicted molar refractivity (Wildman–Crippen MR) is 216 cm³/mol. The highest BCUT2D eigenvalue weighted by atomic mass is 15.0. The maximum Gasteiger partial charge on any atom is 0.160 e. The van der Waals surface area contributed by atoms with Crippen LogP contribution in [0.5, 0.6) is 0 Å². The Kier molecular flexibility index (Phi) is 6.22. The zero-order valence-corrected chi connectivity index (χ0v) is 28.1. The first-order valence-corrected chi connectivity index (χ1v) is 17.7. The number of nitrogens with zero attached hydrogens (tertiary/aromatic N) is 4. The standard InChI is InChI=1S/C48H30N4/c1-4-13-31(14-5-1)35-24-28-42-44(29-35)51(43-22-12-19-32-23-26-38-37-20-10-11-21-41(37)52(42)47(38)45(32)43)36-25-27-39-40(30-36)49-48(34-17-8-3-9-18-34)50-46(39)33-15-6-2-7-16-33/h1-30H. The Labute approximate surface area is 299 Å². The van der Waals surface area contributed by atoms with Gasteiger partial charge in [-0.3, -0.25) is 0 Å². The normalized spacial score (nSPS) is 11.8. The molecule has 4 nitrogen and oxygen atoms in total. The summed E-state index contributed by atoms with van der Waals surface area (Å²) in [4.78, 5) is 10.4. The quantitative estimate of drug-likeness (QED) is 0.188. The summed E-state index contributed by atoms with van der Waals surface area (Å²) in [6.07, 6.45) is 0. The van der Waals surface area contributed by atoms with E-state index in [2.05, 4.69) is 167 Å². The Bertz CT molecular complexity index is 3160. The second-order valence-corrected chi connectivity index (χ2v) is 13.4. The molecule has 0 radical (unpaired) electrons. The second-order valence-electron chi connectivity index (χ2n) is 13.4. The molecule has 52 heavy (non-hydrogen) atoms. The molecule has 0 aliphatic rings. The Morgan fingerprint density at radius 3 is 1.88 bits per heavy atom. The highest BCUT2D eigenvalue weighted by molar-refractivity contribution is 6.23. The van der Waals surface area contributed by atoms with Crippen LogP contribution in [-0.2, 0) is 0 Å². The minimum Gasteiger partial charge on any atom is -0.308 e. The summed E-state index contributed by atoms with van der Waals surface area (Å²) < 4.78 is 4.92. The number of hydrogen-bond donors (Lipinski definition) is 0. The van der Waals surface area contributed by atoms with Crippen molar-refractivity contribution in [1.29, 1.82) is 0 Å². The lowest BCUT2D eigenvalue weighted by molar-refractivity contribution is 1.16. The second kappa shape index (κ2) is 11.2. The molecule has 3 heterocycles. The van der Waals surface area contributed by atoms with Crippen LogP contribution >= 0.6 is 0 Å². The van der Waals surface area contributed by atoms with Crippen molar-refractivity contribution in [3.8, 4) is 39.5 Å². The summed E-state index contributed by atoms with van der Waals surface area (Å²) in [6.45, 7) is 0. The first-order valence-electron chi connectivity index (χ1n) is 17.7. The highest BCUT2D eigenvalue weighted by Crippen LogP contribution is 2.41. The summed E-state index contributed by atoms with van der Waals surface area (Å²) in [5.41, 5.74) is 13.0. The summed E-state index contributed by atoms with van der Waals surface area (Å²) in [5.74, 6) is 0.709. The van der Waals surface area contributed by atoms with Crippen LogP contribution in [0.3, 0.4) is 0 Å². The molecule has 0 bridgehead atoms. The van der Waals surface area contributed by atoms with E-state index in [9.17, 15) is 0 Å². The van der Waals surface area contributed by atoms with E-state index >= 15 is 0 Å². The first kappa shape index (κ1) is 28.8. The van der Waals surface area contributed by atoms with Crippen molar-refractivity contribution in [3.63, 3.8) is 0 Å². The Morgan fingerprint density at radius 2 is 1.08 bits per heavy atom. The van der Waals surface area contributed by atoms with Crippen LogP contribution in [0.15, 0.2) is 182 Å². The van der Waals surface area contributed by atoms with Gasteiger partial charge in [-0.2, -0.15) is 0 Å². The lowest BCUT2D eigenvalue weighted by atomic mass is 10.0. The molecule has 0 atom stereocenters. The average Bonchev–Trinajstić information content (AvgIpc) is 3.49. The van der Waals surface area contributed by atoms with Gasteiger partial charge in [-0.15, -0.1) is 0 Å². The molecule has 0 saturated carbocycles. The summed E-state index contributed by atoms with van der Waals surface area (Å²) in [7, 11) is 0. The van der Waals surface area contributed by atoms with E-state index in [1.54, 1.807) is 0 Å². The molecule has 11 rings (SSSR count). The molecule has 0 aliphatic heterocycles. The molecule has 0 unspecified atom stereocenters. The van der Waals surface area contributed by atoms with Gasteiger partial charge in [0.2, 0.25) is 0 Å². The van der Waals surface area contributed by atoms with E-state index in [-0.39, 0.29) is 0 Å². The Hall–Kier alpha value is -7.04. The monoisotopic (exact) mass is 662 g/mol. The Balaban J connectivity index is 1.31. The molecule has 0 saturated heterocycles. The van der Waals surface area contributed by atoms with Crippen molar-refractivity contribution in [2.45, 2.75) is 0 Å². The molecule has 3 aromatic heterocycles. The van der Waals surface area contributed by atoms with Gasteiger partial charge < -0.3 is 8.97 Å². The van der Waals surface area contributed by atoms with Gasteiger partial charge in [0.15, 0.2) is 5.82 Å². The fourth-order valence-electron chi connectivity index (χ4n) is 8.14. The molecule has 4 heteroatoms. The first-order chi connectivity index (χ1) is 25.8. The zero-order valence-electron chi connectivity index (χ0n) is 28.1. The minimum atomic E-state index is 0.709. The molecular formula is C48H30N4. The van der Waals surface area contributed by atoms with Gasteiger partial charge in [-0.25, -0.2) is 9.97 Å². The minimum absolute atomic E-state index is 0.709. The lowest BCUT2D eigenvalue weighted by Crippen LogP contribution is -2.00. The number of hydrogen-bond acceptors (Lipinski definition) is 2. The van der Waals surface area contributed by atoms with E-state index < -0.39 is 0 Å². The van der Waals surface area contributed by atoms with Gasteiger partial charge >= 0.3 is 0 Å². The number of para-hydroxylation sites is 1. The van der Waals surface area contributed by atoms with Gasteiger partial charge in [-0.1, -0.05) is 140 Å². The topological polar surface area (TPSA) is 35.1 Å². The van der Waals surface area contributed by atoms with Gasteiger partial charge in [0.05, 0.1) is 38.8 Å². The largest absolute Gasteiger partial charge is 0.308 e. The maximum absolute atomic E-state index is 5.25. The third-order valence-electron chi connectivity index (χ3n) is 10.5. The number of benzene rings is 8. The molecule has 242 valence electrons. The number of aromatic nitrogens is 4. The van der Waals surface area contributed by atoms with Crippen molar-refractivity contribution < 1.29 is 0 Å². The molecule has 0 spiro atoms. The maximum atomic E-state index is 5.25. The predicted octanol–water partition coefficient (Wildman–Crippen LogP) is 12.3. The van der Waals surface area contributed by atoms with E-state index in [4.69, 9.17) is 9.97 Å². The van der Waals surface area contributed by atoms with E-state index in [1.165, 1.54) is 38.1 Å². The number of rotatable bonds is 4. The summed E-state index contributed by atoms with van der Waals surface area (Å²) in [5, 5.41) is 5.95. The summed E-state index contributed by atoms with van der Waals surface area (Å²) >= 11 is 0. The highest BCUT2D eigenvalue weighted by Gasteiger charge is 2.20. The van der Waals surface area contributed by atoms with Gasteiger partial charge in [-0.05, 0) is 59.0 Å². The molecule has 8 aromatic carbocycles. The van der Waals surface area contributed by atoms with E-state index in [1.807, 2.05) is 24.3 Å². The van der Waals surface area contributed by atoms with Crippen molar-refractivity contribution in [2.75, 3.05) is 0 Å². The van der Waals surface area contributed by atoms with Crippen LogP contribution in [0.1, 0.15) is 0 Å². The van der Waals surface area contributed by atoms with Crippen molar-refractivity contribution >= 4 is 60.0 Å². The fraction of sp³-hybridized carbons (Fsp3) is 0. The van der Waals surface area contributed by atoms with Crippen LogP contribution in [0.4, 0.5) is 0 Å². The van der Waals surface area contributed by atoms with Gasteiger partial charge in [0.1, 0.15) is 0 Å². The SMILES string of the molecule is c1ccc(-c2ccc3c(c2)n(-c2ccc4c(-c5ccccc5)nc(-c5ccccc5)nc4c2)c2cccc4ccc5c6ccccc6n3c5c42)cc1. The van der Waals surface area contributed by atoms with Crippen molar-refractivity contribution in [3.05, 3.63) is 182 Å². The van der Waals surface area contributed by atoms with Crippen LogP contribution in [-0.4, -0.2) is 18.9 Å². The molecular weight excluding hydrogens is 633 g/mol. The van der Waals surface area contributed by atoms with Crippen molar-refractivity contribution in [1.82, 2.24) is 18.9 Å². The van der Waals surface area contributed by atoms with E-state index in [0.29, 0.717) is 5.82 Å². The van der Waals surface area contributed by atoms with Crippen LogP contribution in [0.2, 0.25) is 0 Å². The molecule has 0 amide bonds. The van der Waals surface area contributed by atoms with E-state index in [0.717, 1.165) is 55.5 Å². The molecule has 11 aromatic rings. The number of fused-ring (bicyclic) bond motifs is 6. The molecule has 0 aliphatic carbocycles. The van der Waals surface area contributed by atoms with Crippen molar-refractivity contribution in [2.24, 2.45) is 0 Å². The Morgan fingerprint density at radius 1 is 0.385 bits per heavy atom.